The zero-order valence-corrected chi connectivity index (χ0v) is 17.3. The highest BCUT2D eigenvalue weighted by atomic mass is 35.5. The summed E-state index contributed by atoms with van der Waals surface area (Å²) in [7, 11) is -3.48. The van der Waals surface area contributed by atoms with Crippen LogP contribution in [-0.4, -0.2) is 45.0 Å². The van der Waals surface area contributed by atoms with Crippen LogP contribution in [-0.2, 0) is 20.0 Å². The van der Waals surface area contributed by atoms with Gasteiger partial charge in [-0.2, -0.15) is 0 Å². The lowest BCUT2D eigenvalue weighted by atomic mass is 9.64. The van der Waals surface area contributed by atoms with E-state index in [4.69, 9.17) is 11.6 Å². The van der Waals surface area contributed by atoms with Crippen molar-refractivity contribution in [2.24, 2.45) is 0 Å². The van der Waals surface area contributed by atoms with Crippen LogP contribution < -0.4 is 10.6 Å². The van der Waals surface area contributed by atoms with E-state index in [0.717, 1.165) is 24.8 Å². The number of benzene rings is 1. The van der Waals surface area contributed by atoms with Crippen LogP contribution in [0.5, 0.6) is 0 Å². The third-order valence-electron chi connectivity index (χ3n) is 5.89. The largest absolute Gasteiger partial charge is 0.354 e. The summed E-state index contributed by atoms with van der Waals surface area (Å²) < 4.78 is 23.4. The van der Waals surface area contributed by atoms with E-state index in [9.17, 15) is 13.2 Å². The van der Waals surface area contributed by atoms with E-state index in [-0.39, 0.29) is 23.7 Å². The number of carbonyl (C=O) groups is 1. The van der Waals surface area contributed by atoms with Gasteiger partial charge < -0.3 is 10.6 Å². The molecule has 1 aromatic rings. The van der Waals surface area contributed by atoms with Crippen LogP contribution in [0.4, 0.5) is 0 Å². The first-order valence-corrected chi connectivity index (χ1v) is 11.0. The summed E-state index contributed by atoms with van der Waals surface area (Å²) in [4.78, 5) is 12.9. The third-order valence-corrected chi connectivity index (χ3v) is 8.15. The van der Waals surface area contributed by atoms with Gasteiger partial charge in [-0.3, -0.25) is 4.79 Å². The van der Waals surface area contributed by atoms with E-state index in [1.54, 1.807) is 0 Å². The van der Waals surface area contributed by atoms with Gasteiger partial charge in [-0.1, -0.05) is 30.2 Å². The first-order chi connectivity index (χ1) is 11.8. The molecular formula is C18H26Cl2N2O3S. The van der Waals surface area contributed by atoms with Gasteiger partial charge in [0.15, 0.2) is 14.6 Å². The van der Waals surface area contributed by atoms with Gasteiger partial charge >= 0.3 is 0 Å². The SMILES string of the molecule is CS(=O)(=O)C1(C(=O)NCC2(c3ccc(Cl)cc3)CCC2)CCNCC1.Cl. The second kappa shape index (κ2) is 8.05. The van der Waals surface area contributed by atoms with Crippen LogP contribution in [0.3, 0.4) is 0 Å². The number of amides is 1. The van der Waals surface area contributed by atoms with Crippen molar-refractivity contribution < 1.29 is 13.2 Å². The Hall–Kier alpha value is -0.820. The first-order valence-electron chi connectivity index (χ1n) is 8.74. The molecule has 0 radical (unpaired) electrons. The minimum Gasteiger partial charge on any atom is -0.354 e. The number of halogens is 2. The number of piperidine rings is 1. The van der Waals surface area contributed by atoms with Crippen molar-refractivity contribution in [1.82, 2.24) is 10.6 Å². The van der Waals surface area contributed by atoms with E-state index in [1.165, 1.54) is 6.26 Å². The molecule has 1 amide bonds. The van der Waals surface area contributed by atoms with Crippen LogP contribution >= 0.6 is 24.0 Å². The molecule has 0 atom stereocenters. The summed E-state index contributed by atoms with van der Waals surface area (Å²) in [6, 6.07) is 7.74. The van der Waals surface area contributed by atoms with Crippen molar-refractivity contribution in [2.75, 3.05) is 25.9 Å². The van der Waals surface area contributed by atoms with Crippen LogP contribution in [0.2, 0.25) is 5.02 Å². The molecule has 1 aromatic carbocycles. The highest BCUT2D eigenvalue weighted by Gasteiger charge is 2.49. The molecule has 2 fully saturated rings. The summed E-state index contributed by atoms with van der Waals surface area (Å²) in [5.41, 5.74) is 1.05. The topological polar surface area (TPSA) is 75.3 Å². The second-order valence-electron chi connectivity index (χ2n) is 7.34. The standard InChI is InChI=1S/C18H25ClN2O3S.ClH/c1-25(23,24)18(9-11-20-12-10-18)16(22)21-13-17(7-2-8-17)14-3-5-15(19)6-4-14;/h3-6,20H,2,7-13H2,1H3,(H,21,22);1H. The molecule has 0 unspecified atom stereocenters. The molecular weight excluding hydrogens is 395 g/mol. The monoisotopic (exact) mass is 420 g/mol. The molecule has 1 heterocycles. The molecule has 146 valence electrons. The number of hydrogen-bond donors (Lipinski definition) is 2. The fourth-order valence-electron chi connectivity index (χ4n) is 3.98. The van der Waals surface area contributed by atoms with E-state index >= 15 is 0 Å². The molecule has 0 spiro atoms. The Morgan fingerprint density at radius 3 is 2.19 bits per heavy atom. The lowest BCUT2D eigenvalue weighted by molar-refractivity contribution is -0.124. The van der Waals surface area contributed by atoms with Gasteiger partial charge in [0.05, 0.1) is 0 Å². The maximum atomic E-state index is 12.9. The number of rotatable bonds is 5. The Kier molecular flexibility index (Phi) is 6.65. The summed E-state index contributed by atoms with van der Waals surface area (Å²) in [6.45, 7) is 1.56. The zero-order chi connectivity index (χ0) is 18.1. The molecule has 1 saturated heterocycles. The number of nitrogens with one attached hydrogen (secondary N) is 2. The maximum absolute atomic E-state index is 12.9. The summed E-state index contributed by atoms with van der Waals surface area (Å²) in [5, 5.41) is 6.80. The normalized spacial score (nSPS) is 21.2. The molecule has 5 nitrogen and oxygen atoms in total. The van der Waals surface area contributed by atoms with Crippen molar-refractivity contribution >= 4 is 39.8 Å². The molecule has 2 N–H and O–H groups in total. The Morgan fingerprint density at radius 1 is 1.15 bits per heavy atom. The predicted molar refractivity (Wildman–Crippen MR) is 107 cm³/mol. The fourth-order valence-corrected chi connectivity index (χ4v) is 5.46. The molecule has 1 aliphatic heterocycles. The lowest BCUT2D eigenvalue weighted by Gasteiger charge is -2.44. The summed E-state index contributed by atoms with van der Waals surface area (Å²) in [6.07, 6.45) is 4.91. The van der Waals surface area contributed by atoms with Gasteiger partial charge in [0, 0.05) is 23.2 Å². The van der Waals surface area contributed by atoms with Gasteiger partial charge in [-0.25, -0.2) is 8.42 Å². The third kappa shape index (κ3) is 3.88. The van der Waals surface area contributed by atoms with Crippen LogP contribution in [0.1, 0.15) is 37.7 Å². The van der Waals surface area contributed by atoms with Crippen molar-refractivity contribution in [3.63, 3.8) is 0 Å². The number of carbonyl (C=O) groups excluding carboxylic acids is 1. The van der Waals surface area contributed by atoms with Gasteiger partial charge in [0.25, 0.3) is 0 Å². The van der Waals surface area contributed by atoms with Crippen LogP contribution in [0.15, 0.2) is 24.3 Å². The van der Waals surface area contributed by atoms with E-state index in [0.29, 0.717) is 37.5 Å². The number of sulfone groups is 1. The Morgan fingerprint density at radius 2 is 1.73 bits per heavy atom. The molecule has 2 aliphatic rings. The van der Waals surface area contributed by atoms with Crippen LogP contribution in [0, 0.1) is 0 Å². The van der Waals surface area contributed by atoms with Gasteiger partial charge in [-0.15, -0.1) is 12.4 Å². The average Bonchev–Trinajstić information content (AvgIpc) is 2.54. The van der Waals surface area contributed by atoms with Gasteiger partial charge in [-0.05, 0) is 56.5 Å². The maximum Gasteiger partial charge on any atom is 0.241 e. The molecule has 1 aliphatic carbocycles. The Balaban J connectivity index is 0.00000243. The predicted octanol–water partition coefficient (Wildman–Crippen LogP) is 2.47. The molecule has 3 rings (SSSR count). The van der Waals surface area contributed by atoms with Crippen molar-refractivity contribution in [3.05, 3.63) is 34.9 Å². The molecule has 0 aromatic heterocycles. The zero-order valence-electron chi connectivity index (χ0n) is 14.9. The molecule has 26 heavy (non-hydrogen) atoms. The van der Waals surface area contributed by atoms with E-state index in [2.05, 4.69) is 10.6 Å². The Bertz CT molecular complexity index is 740. The molecule has 8 heteroatoms. The minimum atomic E-state index is -3.48. The highest BCUT2D eigenvalue weighted by Crippen LogP contribution is 2.43. The van der Waals surface area contributed by atoms with Crippen molar-refractivity contribution in [1.29, 1.82) is 0 Å². The van der Waals surface area contributed by atoms with Gasteiger partial charge in [0.2, 0.25) is 5.91 Å². The van der Waals surface area contributed by atoms with Crippen LogP contribution in [0.25, 0.3) is 0 Å². The second-order valence-corrected chi connectivity index (χ2v) is 10.1. The molecule has 1 saturated carbocycles. The minimum absolute atomic E-state index is 0. The summed E-state index contributed by atoms with van der Waals surface area (Å²) in [5.74, 6) is -0.350. The van der Waals surface area contributed by atoms with Crippen molar-refractivity contribution in [3.8, 4) is 0 Å². The highest BCUT2D eigenvalue weighted by molar-refractivity contribution is 7.92. The lowest BCUT2D eigenvalue weighted by Crippen LogP contribution is -2.59. The average molecular weight is 421 g/mol. The van der Waals surface area contributed by atoms with Crippen molar-refractivity contribution in [2.45, 2.75) is 42.3 Å². The first kappa shape index (κ1) is 21.5. The van der Waals surface area contributed by atoms with Gasteiger partial charge in [0.1, 0.15) is 0 Å². The quantitative estimate of drug-likeness (QED) is 0.766. The van der Waals surface area contributed by atoms with E-state index in [1.807, 2.05) is 24.3 Å². The summed E-state index contributed by atoms with van der Waals surface area (Å²) >= 11 is 5.98. The number of hydrogen-bond acceptors (Lipinski definition) is 4. The van der Waals surface area contributed by atoms with E-state index < -0.39 is 14.6 Å². The fraction of sp³-hybridized carbons (Fsp3) is 0.611. The smallest absolute Gasteiger partial charge is 0.241 e. The Labute approximate surface area is 166 Å². The molecule has 0 bridgehead atoms.